The van der Waals surface area contributed by atoms with E-state index < -0.39 is 0 Å². The van der Waals surface area contributed by atoms with Gasteiger partial charge in [-0.25, -0.2) is 0 Å². The van der Waals surface area contributed by atoms with E-state index >= 15 is 0 Å². The van der Waals surface area contributed by atoms with Crippen LogP contribution in [0.15, 0.2) is 0 Å². The number of Topliss-reactive ketones (excluding diaryl/α,β-unsaturated/α-hetero) is 1. The van der Waals surface area contributed by atoms with Gasteiger partial charge in [-0.2, -0.15) is 0 Å². The van der Waals surface area contributed by atoms with E-state index in [4.69, 9.17) is 0 Å². The third kappa shape index (κ3) is 2.92. The van der Waals surface area contributed by atoms with E-state index in [0.29, 0.717) is 5.75 Å². The Morgan fingerprint density at radius 2 is 2.14 bits per heavy atom. The van der Waals surface area contributed by atoms with Crippen LogP contribution in [0.25, 0.3) is 0 Å². The third-order valence-corrected chi connectivity index (χ3v) is 4.89. The highest BCUT2D eigenvalue weighted by atomic mass is 33.1. The molecule has 1 rings (SSSR count). The summed E-state index contributed by atoms with van der Waals surface area (Å²) in [6.07, 6.45) is 0. The Labute approximate surface area is 92.2 Å². The summed E-state index contributed by atoms with van der Waals surface area (Å²) in [5, 5.41) is 2.79. The molecule has 1 amide bonds. The average molecular weight is 233 g/mol. The molecule has 1 N–H and O–H groups in total. The lowest BCUT2D eigenvalue weighted by Gasteiger charge is -2.28. The molecular formula is C9H15NO2S2. The summed E-state index contributed by atoms with van der Waals surface area (Å²) in [5.74, 6) is 1.46. The number of rotatable bonds is 1. The molecular weight excluding hydrogens is 218 g/mol. The van der Waals surface area contributed by atoms with Crippen molar-refractivity contribution in [2.75, 3.05) is 11.5 Å². The zero-order valence-corrected chi connectivity index (χ0v) is 10.3. The molecule has 1 unspecified atom stereocenters. The second-order valence-electron chi connectivity index (χ2n) is 4.07. The molecule has 0 bridgehead atoms. The van der Waals surface area contributed by atoms with Crippen molar-refractivity contribution in [2.45, 2.75) is 26.8 Å². The average Bonchev–Trinajstić information content (AvgIpc) is 2.07. The lowest BCUT2D eigenvalue weighted by atomic mass is 9.94. The molecule has 5 heteroatoms. The Morgan fingerprint density at radius 3 is 2.71 bits per heavy atom. The van der Waals surface area contributed by atoms with Crippen molar-refractivity contribution in [3.63, 3.8) is 0 Å². The number of ketones is 1. The third-order valence-electron chi connectivity index (χ3n) is 2.15. The molecule has 80 valence electrons. The summed E-state index contributed by atoms with van der Waals surface area (Å²) in [6.45, 7) is 5.32. The molecule has 0 saturated carbocycles. The van der Waals surface area contributed by atoms with Crippen LogP contribution in [-0.4, -0.2) is 29.2 Å². The monoisotopic (exact) mass is 233 g/mol. The smallest absolute Gasteiger partial charge is 0.227 e. The van der Waals surface area contributed by atoms with Gasteiger partial charge in [-0.15, -0.1) is 0 Å². The number of amides is 1. The van der Waals surface area contributed by atoms with Gasteiger partial charge in [0.2, 0.25) is 5.91 Å². The molecule has 1 fully saturated rings. The van der Waals surface area contributed by atoms with Gasteiger partial charge in [0, 0.05) is 11.5 Å². The number of carbonyl (C=O) groups excluding carboxylic acids is 2. The van der Waals surface area contributed by atoms with Gasteiger partial charge < -0.3 is 5.32 Å². The Balaban J connectivity index is 2.71. The van der Waals surface area contributed by atoms with Crippen molar-refractivity contribution in [1.82, 2.24) is 5.32 Å². The second-order valence-corrected chi connectivity index (χ2v) is 6.57. The maximum Gasteiger partial charge on any atom is 0.227 e. The summed E-state index contributed by atoms with van der Waals surface area (Å²) in [7, 11) is 3.32. The quantitative estimate of drug-likeness (QED) is 0.697. The van der Waals surface area contributed by atoms with Crippen LogP contribution >= 0.6 is 21.6 Å². The van der Waals surface area contributed by atoms with Crippen LogP contribution in [-0.2, 0) is 9.59 Å². The van der Waals surface area contributed by atoms with Crippen LogP contribution in [0.1, 0.15) is 20.8 Å². The first-order valence-electron chi connectivity index (χ1n) is 4.49. The molecule has 1 aliphatic rings. The molecule has 1 saturated heterocycles. The van der Waals surface area contributed by atoms with E-state index in [1.165, 1.54) is 6.92 Å². The summed E-state index contributed by atoms with van der Waals surface area (Å²) in [5.41, 5.74) is -0.383. The SMILES string of the molecule is CC(=O)C1CSSCC(C)(C)C(=O)N1. The van der Waals surface area contributed by atoms with E-state index in [0.717, 1.165) is 5.75 Å². The molecule has 0 aromatic rings. The van der Waals surface area contributed by atoms with Crippen LogP contribution in [0.3, 0.4) is 0 Å². The van der Waals surface area contributed by atoms with Gasteiger partial charge >= 0.3 is 0 Å². The van der Waals surface area contributed by atoms with Crippen molar-refractivity contribution < 1.29 is 9.59 Å². The molecule has 1 aliphatic heterocycles. The summed E-state index contributed by atoms with van der Waals surface area (Å²) in [4.78, 5) is 22.9. The molecule has 0 aromatic carbocycles. The molecule has 0 spiro atoms. The highest BCUT2D eigenvalue weighted by Crippen LogP contribution is 2.32. The molecule has 14 heavy (non-hydrogen) atoms. The first-order chi connectivity index (χ1) is 6.43. The normalized spacial score (nSPS) is 27.4. The van der Waals surface area contributed by atoms with Crippen molar-refractivity contribution in [3.8, 4) is 0 Å². The molecule has 0 aromatic heterocycles. The zero-order valence-electron chi connectivity index (χ0n) is 8.62. The van der Waals surface area contributed by atoms with Gasteiger partial charge in [0.05, 0.1) is 11.5 Å². The van der Waals surface area contributed by atoms with Crippen LogP contribution in [0.4, 0.5) is 0 Å². The largest absolute Gasteiger partial charge is 0.345 e. The van der Waals surface area contributed by atoms with Crippen LogP contribution in [0, 0.1) is 5.41 Å². The van der Waals surface area contributed by atoms with Crippen molar-refractivity contribution in [3.05, 3.63) is 0 Å². The highest BCUT2D eigenvalue weighted by molar-refractivity contribution is 8.76. The van der Waals surface area contributed by atoms with Gasteiger partial charge in [0.15, 0.2) is 5.78 Å². The van der Waals surface area contributed by atoms with Crippen LogP contribution in [0.2, 0.25) is 0 Å². The molecule has 3 nitrogen and oxygen atoms in total. The van der Waals surface area contributed by atoms with Gasteiger partial charge in [-0.1, -0.05) is 35.4 Å². The van der Waals surface area contributed by atoms with Gasteiger partial charge in [-0.05, 0) is 6.92 Å². The van der Waals surface area contributed by atoms with Gasteiger partial charge in [0.25, 0.3) is 0 Å². The molecule has 1 heterocycles. The Hall–Kier alpha value is -0.160. The fourth-order valence-electron chi connectivity index (χ4n) is 0.985. The minimum atomic E-state index is -0.383. The van der Waals surface area contributed by atoms with Gasteiger partial charge in [0.1, 0.15) is 0 Å². The first kappa shape index (κ1) is 11.9. The zero-order chi connectivity index (χ0) is 10.8. The maximum atomic E-state index is 11.7. The van der Waals surface area contributed by atoms with Crippen molar-refractivity contribution in [1.29, 1.82) is 0 Å². The lowest BCUT2D eigenvalue weighted by molar-refractivity contribution is -0.131. The van der Waals surface area contributed by atoms with E-state index in [1.54, 1.807) is 21.6 Å². The van der Waals surface area contributed by atoms with Crippen LogP contribution in [0.5, 0.6) is 0 Å². The van der Waals surface area contributed by atoms with Crippen molar-refractivity contribution in [2.24, 2.45) is 5.41 Å². The van der Waals surface area contributed by atoms with Crippen LogP contribution < -0.4 is 5.32 Å². The fourth-order valence-corrected chi connectivity index (χ4v) is 3.88. The van der Waals surface area contributed by atoms with E-state index in [2.05, 4.69) is 5.32 Å². The van der Waals surface area contributed by atoms with E-state index in [1.807, 2.05) is 13.8 Å². The lowest BCUT2D eigenvalue weighted by Crippen LogP contribution is -2.48. The standard InChI is InChI=1S/C9H15NO2S2/c1-6(11)7-4-13-14-5-9(2,3)8(12)10-7/h7H,4-5H2,1-3H3,(H,10,12). The Kier molecular flexibility index (Phi) is 3.89. The summed E-state index contributed by atoms with van der Waals surface area (Å²) < 4.78 is 0. The topological polar surface area (TPSA) is 46.2 Å². The molecule has 0 radical (unpaired) electrons. The molecule has 1 atom stereocenters. The molecule has 0 aliphatic carbocycles. The number of nitrogens with one attached hydrogen (secondary N) is 1. The number of hydrogen-bond donors (Lipinski definition) is 1. The van der Waals surface area contributed by atoms with Crippen molar-refractivity contribution >= 4 is 33.3 Å². The first-order valence-corrected chi connectivity index (χ1v) is 6.98. The summed E-state index contributed by atoms with van der Waals surface area (Å²) in [6, 6.07) is -0.320. The highest BCUT2D eigenvalue weighted by Gasteiger charge is 2.32. The summed E-state index contributed by atoms with van der Waals surface area (Å²) >= 11 is 0. The minimum absolute atomic E-state index is 0.0227. The minimum Gasteiger partial charge on any atom is -0.345 e. The predicted octanol–water partition coefficient (Wildman–Crippen LogP) is 1.48. The van der Waals surface area contributed by atoms with Gasteiger partial charge in [-0.3, -0.25) is 9.59 Å². The second kappa shape index (κ2) is 4.57. The Morgan fingerprint density at radius 1 is 1.50 bits per heavy atom. The number of carbonyl (C=O) groups is 2. The fraction of sp³-hybridized carbons (Fsp3) is 0.778. The Bertz CT molecular complexity index is 253. The maximum absolute atomic E-state index is 11.7. The van der Waals surface area contributed by atoms with E-state index in [9.17, 15) is 9.59 Å². The predicted molar refractivity (Wildman–Crippen MR) is 61.3 cm³/mol. The number of hydrogen-bond acceptors (Lipinski definition) is 4. The van der Waals surface area contributed by atoms with E-state index in [-0.39, 0.29) is 23.1 Å².